The lowest BCUT2D eigenvalue weighted by Gasteiger charge is -2.29. The smallest absolute Gasteiger partial charge is 0.353 e. The Bertz CT molecular complexity index is 976. The summed E-state index contributed by atoms with van der Waals surface area (Å²) >= 11 is 1.29. The second kappa shape index (κ2) is 10.1. The molecule has 0 spiro atoms. The van der Waals surface area contributed by atoms with Crippen LogP contribution in [-0.2, 0) is 4.79 Å². The van der Waals surface area contributed by atoms with Crippen molar-refractivity contribution >= 4 is 29.3 Å². The van der Waals surface area contributed by atoms with Crippen LogP contribution < -0.4 is 14.8 Å². The lowest BCUT2D eigenvalue weighted by molar-refractivity contribution is -0.118. The first-order chi connectivity index (χ1) is 14.5. The molecule has 1 amide bonds. The number of carbonyl (C=O) groups is 2. The van der Waals surface area contributed by atoms with Crippen molar-refractivity contribution in [2.75, 3.05) is 7.11 Å². The van der Waals surface area contributed by atoms with E-state index in [1.165, 1.54) is 30.9 Å². The molecule has 1 fully saturated rings. The zero-order valence-electron chi connectivity index (χ0n) is 17.0. The number of nitriles is 1. The van der Waals surface area contributed by atoms with Crippen LogP contribution in [0.15, 0.2) is 41.3 Å². The molecule has 0 unspecified atom stereocenters. The summed E-state index contributed by atoms with van der Waals surface area (Å²) < 4.78 is 10.7. The summed E-state index contributed by atoms with van der Waals surface area (Å²) in [5.41, 5.74) is 0.629. The predicted molar refractivity (Wildman–Crippen MR) is 115 cm³/mol. The van der Waals surface area contributed by atoms with Gasteiger partial charge in [-0.05, 0) is 54.0 Å². The van der Waals surface area contributed by atoms with Crippen LogP contribution in [0.4, 0.5) is 0 Å². The normalized spacial score (nSPS) is 18.9. The number of methoxy groups -OCH3 is 1. The minimum atomic E-state index is -0.467. The maximum absolute atomic E-state index is 12.6. The van der Waals surface area contributed by atoms with E-state index in [1.54, 1.807) is 35.7 Å². The van der Waals surface area contributed by atoms with Crippen molar-refractivity contribution in [1.82, 2.24) is 5.32 Å². The van der Waals surface area contributed by atoms with Gasteiger partial charge in [0.2, 0.25) is 0 Å². The molecule has 0 bridgehead atoms. The van der Waals surface area contributed by atoms with Gasteiger partial charge in [-0.1, -0.05) is 31.9 Å². The summed E-state index contributed by atoms with van der Waals surface area (Å²) in [6.45, 7) is 2.13. The topological polar surface area (TPSA) is 88.4 Å². The third kappa shape index (κ3) is 5.28. The molecule has 1 aliphatic rings. The van der Waals surface area contributed by atoms with Crippen LogP contribution in [0.1, 0.15) is 47.8 Å². The minimum Gasteiger partial charge on any atom is -0.493 e. The highest BCUT2D eigenvalue weighted by Gasteiger charge is 2.24. The molecule has 1 aliphatic carbocycles. The van der Waals surface area contributed by atoms with E-state index in [0.717, 1.165) is 19.3 Å². The fourth-order valence-corrected chi connectivity index (χ4v) is 4.09. The van der Waals surface area contributed by atoms with Crippen molar-refractivity contribution < 1.29 is 19.1 Å². The van der Waals surface area contributed by atoms with E-state index in [1.807, 2.05) is 6.07 Å². The van der Waals surface area contributed by atoms with Crippen LogP contribution in [0.2, 0.25) is 0 Å². The van der Waals surface area contributed by atoms with Crippen LogP contribution in [0.25, 0.3) is 6.08 Å². The number of carbonyl (C=O) groups excluding carboxylic acids is 2. The van der Waals surface area contributed by atoms with E-state index in [0.29, 0.717) is 22.1 Å². The van der Waals surface area contributed by atoms with E-state index >= 15 is 0 Å². The highest BCUT2D eigenvalue weighted by molar-refractivity contribution is 7.12. The van der Waals surface area contributed by atoms with Crippen LogP contribution in [0.5, 0.6) is 11.5 Å². The SMILES string of the molecule is COc1cc(/C=C(\C#N)C(=O)N[C@H]2CCCC[C@@H]2C)ccc1OC(=O)c1cccs1. The molecule has 1 heterocycles. The molecular weight excluding hydrogens is 400 g/mol. The van der Waals surface area contributed by atoms with Gasteiger partial charge in [0.25, 0.3) is 5.91 Å². The van der Waals surface area contributed by atoms with E-state index < -0.39 is 5.97 Å². The predicted octanol–water partition coefficient (Wildman–Crippen LogP) is 4.58. The Morgan fingerprint density at radius 1 is 1.23 bits per heavy atom. The van der Waals surface area contributed by atoms with Gasteiger partial charge >= 0.3 is 5.97 Å². The maximum Gasteiger partial charge on any atom is 0.353 e. The van der Waals surface area contributed by atoms with Crippen molar-refractivity contribution in [3.05, 3.63) is 51.7 Å². The molecule has 0 saturated heterocycles. The van der Waals surface area contributed by atoms with Crippen LogP contribution in [0.3, 0.4) is 0 Å². The molecule has 1 aromatic carbocycles. The van der Waals surface area contributed by atoms with Crippen LogP contribution in [0, 0.1) is 17.2 Å². The number of nitrogens with zero attached hydrogens (tertiary/aromatic N) is 1. The first-order valence-corrected chi connectivity index (χ1v) is 10.8. The van der Waals surface area contributed by atoms with E-state index in [2.05, 4.69) is 12.2 Å². The Hall–Kier alpha value is -3.11. The summed E-state index contributed by atoms with van der Waals surface area (Å²) in [5, 5.41) is 14.3. The molecule has 30 heavy (non-hydrogen) atoms. The summed E-state index contributed by atoms with van der Waals surface area (Å²) in [7, 11) is 1.47. The quantitative estimate of drug-likeness (QED) is 0.317. The zero-order valence-corrected chi connectivity index (χ0v) is 17.8. The molecule has 1 N–H and O–H groups in total. The van der Waals surface area contributed by atoms with Gasteiger partial charge < -0.3 is 14.8 Å². The van der Waals surface area contributed by atoms with Gasteiger partial charge in [0.15, 0.2) is 11.5 Å². The van der Waals surface area contributed by atoms with Crippen LogP contribution in [-0.4, -0.2) is 25.0 Å². The Labute approximate surface area is 180 Å². The van der Waals surface area contributed by atoms with Crippen molar-refractivity contribution in [1.29, 1.82) is 5.26 Å². The lowest BCUT2D eigenvalue weighted by Crippen LogP contribution is -2.41. The Morgan fingerprint density at radius 2 is 2.03 bits per heavy atom. The van der Waals surface area contributed by atoms with Gasteiger partial charge in [-0.25, -0.2) is 4.79 Å². The largest absolute Gasteiger partial charge is 0.493 e. The Balaban J connectivity index is 1.75. The molecule has 2 aromatic rings. The Morgan fingerprint density at radius 3 is 2.70 bits per heavy atom. The molecule has 2 atom stereocenters. The minimum absolute atomic E-state index is 0.0261. The molecule has 3 rings (SSSR count). The summed E-state index contributed by atoms with van der Waals surface area (Å²) in [6.07, 6.45) is 5.79. The monoisotopic (exact) mass is 424 g/mol. The van der Waals surface area contributed by atoms with E-state index in [4.69, 9.17) is 9.47 Å². The standard InChI is InChI=1S/C23H24N2O4S/c1-15-6-3-4-7-18(15)25-22(26)17(14-24)12-16-9-10-19(20(13-16)28-2)29-23(27)21-8-5-11-30-21/h5,8-13,15,18H,3-4,6-7H2,1-2H3,(H,25,26)/b17-12+/t15-,18-/m0/s1. The molecule has 156 valence electrons. The van der Waals surface area contributed by atoms with Gasteiger partial charge in [-0.15, -0.1) is 11.3 Å². The summed E-state index contributed by atoms with van der Waals surface area (Å²) in [6, 6.07) is 10.4. The van der Waals surface area contributed by atoms with Crippen molar-refractivity contribution in [3.63, 3.8) is 0 Å². The fourth-order valence-electron chi connectivity index (χ4n) is 3.50. The first kappa shape index (κ1) is 21.6. The number of benzene rings is 1. The number of hydrogen-bond acceptors (Lipinski definition) is 6. The van der Waals surface area contributed by atoms with Gasteiger partial charge in [0, 0.05) is 6.04 Å². The van der Waals surface area contributed by atoms with Gasteiger partial charge in [-0.2, -0.15) is 5.26 Å². The summed E-state index contributed by atoms with van der Waals surface area (Å²) in [4.78, 5) is 25.3. The van der Waals surface area contributed by atoms with Gasteiger partial charge in [0.05, 0.1) is 7.11 Å². The fraction of sp³-hybridized carbons (Fsp3) is 0.348. The number of nitrogens with one attached hydrogen (secondary N) is 1. The zero-order chi connectivity index (χ0) is 21.5. The number of amides is 1. The van der Waals surface area contributed by atoms with Crippen molar-refractivity contribution in [2.24, 2.45) is 5.92 Å². The molecule has 0 aliphatic heterocycles. The highest BCUT2D eigenvalue weighted by Crippen LogP contribution is 2.30. The molecule has 6 nitrogen and oxygen atoms in total. The van der Waals surface area contributed by atoms with E-state index in [-0.39, 0.29) is 23.3 Å². The number of rotatable bonds is 6. The van der Waals surface area contributed by atoms with Gasteiger partial charge in [-0.3, -0.25) is 4.79 Å². The number of hydrogen-bond donors (Lipinski definition) is 1. The van der Waals surface area contributed by atoms with Crippen molar-refractivity contribution in [3.8, 4) is 17.6 Å². The second-order valence-corrected chi connectivity index (χ2v) is 8.24. The number of esters is 1. The lowest BCUT2D eigenvalue weighted by atomic mass is 9.86. The molecule has 7 heteroatoms. The summed E-state index contributed by atoms with van der Waals surface area (Å²) in [5.74, 6) is 0.174. The van der Waals surface area contributed by atoms with Crippen molar-refractivity contribution in [2.45, 2.75) is 38.6 Å². The molecule has 0 radical (unpaired) electrons. The molecule has 1 saturated carbocycles. The number of thiophene rings is 1. The second-order valence-electron chi connectivity index (χ2n) is 7.29. The third-order valence-electron chi connectivity index (χ3n) is 5.22. The molecule has 1 aromatic heterocycles. The maximum atomic E-state index is 12.6. The third-order valence-corrected chi connectivity index (χ3v) is 6.07. The Kier molecular flexibility index (Phi) is 7.26. The van der Waals surface area contributed by atoms with E-state index in [9.17, 15) is 14.9 Å². The molecular formula is C23H24N2O4S. The first-order valence-electron chi connectivity index (χ1n) is 9.88. The number of ether oxygens (including phenoxy) is 2. The highest BCUT2D eigenvalue weighted by atomic mass is 32.1. The van der Waals surface area contributed by atoms with Gasteiger partial charge in [0.1, 0.15) is 16.5 Å². The average Bonchev–Trinajstić information content (AvgIpc) is 3.29. The van der Waals surface area contributed by atoms with Crippen LogP contribution >= 0.6 is 11.3 Å². The average molecular weight is 425 g/mol.